The Kier molecular flexibility index (Phi) is 4.18. The van der Waals surface area contributed by atoms with Gasteiger partial charge in [-0.3, -0.25) is 0 Å². The van der Waals surface area contributed by atoms with Crippen LogP contribution in [0, 0.1) is 6.92 Å². The number of rotatable bonds is 5. The summed E-state index contributed by atoms with van der Waals surface area (Å²) in [5.74, 6) is 0. The van der Waals surface area contributed by atoms with E-state index >= 15 is 0 Å². The summed E-state index contributed by atoms with van der Waals surface area (Å²) < 4.78 is 27.1. The van der Waals surface area contributed by atoms with E-state index in [1.807, 2.05) is 24.4 Å². The summed E-state index contributed by atoms with van der Waals surface area (Å²) in [5, 5.41) is 1.92. The highest BCUT2D eigenvalue weighted by molar-refractivity contribution is 7.91. The van der Waals surface area contributed by atoms with Crippen LogP contribution in [0.4, 0.5) is 0 Å². The molecule has 0 bridgehead atoms. The molecule has 0 aliphatic heterocycles. The van der Waals surface area contributed by atoms with Crippen molar-refractivity contribution in [3.05, 3.63) is 38.9 Å². The van der Waals surface area contributed by atoms with E-state index in [0.29, 0.717) is 17.3 Å². The maximum absolute atomic E-state index is 12.1. The molecule has 2 heterocycles. The number of nitrogens with one attached hydrogen (secondary N) is 1. The van der Waals surface area contributed by atoms with Crippen LogP contribution >= 0.6 is 22.7 Å². The van der Waals surface area contributed by atoms with Gasteiger partial charge < -0.3 is 5.73 Å². The van der Waals surface area contributed by atoms with Crippen LogP contribution in [-0.2, 0) is 23.1 Å². The maximum atomic E-state index is 12.1. The second-order valence-corrected chi connectivity index (χ2v) is 7.94. The van der Waals surface area contributed by atoms with Crippen molar-refractivity contribution >= 4 is 32.7 Å². The SMILES string of the molecule is Cc1cc(S(=O)(=O)NCc2cccs2)sc1CN. The number of sulfonamides is 1. The van der Waals surface area contributed by atoms with Crippen molar-refractivity contribution < 1.29 is 8.42 Å². The first-order chi connectivity index (χ1) is 8.53. The average Bonchev–Trinajstić information content (AvgIpc) is 2.95. The fourth-order valence-electron chi connectivity index (χ4n) is 1.47. The Morgan fingerprint density at radius 2 is 2.22 bits per heavy atom. The molecule has 0 saturated carbocycles. The molecule has 0 spiro atoms. The molecule has 2 aromatic heterocycles. The molecule has 0 aromatic carbocycles. The molecule has 0 unspecified atom stereocenters. The fourth-order valence-corrected chi connectivity index (χ4v) is 4.73. The molecule has 0 amide bonds. The Labute approximate surface area is 115 Å². The van der Waals surface area contributed by atoms with Crippen LogP contribution in [0.2, 0.25) is 0 Å². The number of hydrogen-bond donors (Lipinski definition) is 2. The average molecular weight is 302 g/mol. The first-order valence-electron chi connectivity index (χ1n) is 5.34. The highest BCUT2D eigenvalue weighted by Crippen LogP contribution is 2.25. The predicted molar refractivity (Wildman–Crippen MR) is 75.3 cm³/mol. The molecule has 18 heavy (non-hydrogen) atoms. The largest absolute Gasteiger partial charge is 0.326 e. The lowest BCUT2D eigenvalue weighted by Crippen LogP contribution is -2.21. The summed E-state index contributed by atoms with van der Waals surface area (Å²) in [6.45, 7) is 2.57. The van der Waals surface area contributed by atoms with E-state index in [-0.39, 0.29) is 0 Å². The molecule has 0 saturated heterocycles. The molecule has 4 nitrogen and oxygen atoms in total. The van der Waals surface area contributed by atoms with Crippen molar-refractivity contribution in [2.24, 2.45) is 5.73 Å². The van der Waals surface area contributed by atoms with Gasteiger partial charge in [0.1, 0.15) is 4.21 Å². The summed E-state index contributed by atoms with van der Waals surface area (Å²) in [7, 11) is -3.43. The minimum Gasteiger partial charge on any atom is -0.326 e. The lowest BCUT2D eigenvalue weighted by Gasteiger charge is -2.02. The first kappa shape index (κ1) is 13.7. The van der Waals surface area contributed by atoms with Gasteiger partial charge in [-0.1, -0.05) is 6.07 Å². The molecule has 0 atom stereocenters. The maximum Gasteiger partial charge on any atom is 0.250 e. The van der Waals surface area contributed by atoms with E-state index in [2.05, 4.69) is 4.72 Å². The second kappa shape index (κ2) is 5.50. The van der Waals surface area contributed by atoms with Crippen molar-refractivity contribution in [2.75, 3.05) is 0 Å². The van der Waals surface area contributed by atoms with E-state index in [0.717, 1.165) is 15.3 Å². The first-order valence-corrected chi connectivity index (χ1v) is 8.52. The molecule has 0 aliphatic rings. The summed E-state index contributed by atoms with van der Waals surface area (Å²) in [5.41, 5.74) is 6.48. The standard InChI is InChI=1S/C11H14N2O2S3/c1-8-5-11(17-10(8)6-12)18(14,15)13-7-9-3-2-4-16-9/h2-5,13H,6-7,12H2,1H3. The van der Waals surface area contributed by atoms with Gasteiger partial charge in [-0.05, 0) is 30.0 Å². The summed E-state index contributed by atoms with van der Waals surface area (Å²) in [6.07, 6.45) is 0. The van der Waals surface area contributed by atoms with Gasteiger partial charge in [-0.2, -0.15) is 0 Å². The molecule has 98 valence electrons. The molecular weight excluding hydrogens is 288 g/mol. The van der Waals surface area contributed by atoms with Crippen LogP contribution in [0.15, 0.2) is 27.8 Å². The van der Waals surface area contributed by atoms with Crippen molar-refractivity contribution in [1.29, 1.82) is 0 Å². The number of hydrogen-bond acceptors (Lipinski definition) is 5. The van der Waals surface area contributed by atoms with E-state index in [1.54, 1.807) is 6.07 Å². The minimum atomic E-state index is -3.43. The zero-order valence-electron chi connectivity index (χ0n) is 9.84. The highest BCUT2D eigenvalue weighted by Gasteiger charge is 2.18. The molecule has 0 aliphatic carbocycles. The van der Waals surface area contributed by atoms with Crippen LogP contribution in [0.3, 0.4) is 0 Å². The molecule has 3 N–H and O–H groups in total. The van der Waals surface area contributed by atoms with Crippen LogP contribution < -0.4 is 10.5 Å². The smallest absolute Gasteiger partial charge is 0.250 e. The molecule has 2 rings (SSSR count). The van der Waals surface area contributed by atoms with Crippen molar-refractivity contribution in [3.63, 3.8) is 0 Å². The zero-order chi connectivity index (χ0) is 13.2. The van der Waals surface area contributed by atoms with Crippen LogP contribution in [0.25, 0.3) is 0 Å². The van der Waals surface area contributed by atoms with Crippen LogP contribution in [-0.4, -0.2) is 8.42 Å². The van der Waals surface area contributed by atoms with Crippen molar-refractivity contribution in [2.45, 2.75) is 24.2 Å². The Bertz CT molecular complexity index is 615. The number of nitrogens with two attached hydrogens (primary N) is 1. The lowest BCUT2D eigenvalue weighted by molar-refractivity contribution is 0.584. The van der Waals surface area contributed by atoms with Crippen molar-refractivity contribution in [1.82, 2.24) is 4.72 Å². The van der Waals surface area contributed by atoms with Crippen LogP contribution in [0.1, 0.15) is 15.3 Å². The van der Waals surface area contributed by atoms with Gasteiger partial charge in [0.05, 0.1) is 0 Å². The third-order valence-corrected chi connectivity index (χ3v) is 6.48. The van der Waals surface area contributed by atoms with Gasteiger partial charge in [0, 0.05) is 22.8 Å². The van der Waals surface area contributed by atoms with Gasteiger partial charge in [0.2, 0.25) is 10.0 Å². The Balaban J connectivity index is 2.14. The summed E-state index contributed by atoms with van der Waals surface area (Å²) in [6, 6.07) is 5.47. The van der Waals surface area contributed by atoms with E-state index in [4.69, 9.17) is 5.73 Å². The van der Waals surface area contributed by atoms with Gasteiger partial charge in [0.25, 0.3) is 0 Å². The number of aryl methyl sites for hydroxylation is 1. The van der Waals surface area contributed by atoms with Gasteiger partial charge in [0.15, 0.2) is 0 Å². The lowest BCUT2D eigenvalue weighted by atomic mass is 10.3. The third-order valence-electron chi connectivity index (χ3n) is 2.46. The predicted octanol–water partition coefficient (Wildman–Crippen LogP) is 2.06. The Hall–Kier alpha value is -0.730. The topological polar surface area (TPSA) is 72.2 Å². The van der Waals surface area contributed by atoms with Gasteiger partial charge in [-0.25, -0.2) is 13.1 Å². The van der Waals surface area contributed by atoms with E-state index in [9.17, 15) is 8.42 Å². The van der Waals surface area contributed by atoms with Crippen LogP contribution in [0.5, 0.6) is 0 Å². The molecule has 0 radical (unpaired) electrons. The Morgan fingerprint density at radius 1 is 1.44 bits per heavy atom. The third kappa shape index (κ3) is 2.99. The zero-order valence-corrected chi connectivity index (χ0v) is 12.3. The minimum absolute atomic E-state index is 0.328. The quantitative estimate of drug-likeness (QED) is 0.888. The molecule has 0 fully saturated rings. The molecule has 7 heteroatoms. The highest BCUT2D eigenvalue weighted by atomic mass is 32.2. The summed E-state index contributed by atoms with van der Waals surface area (Å²) in [4.78, 5) is 1.90. The normalized spacial score (nSPS) is 11.9. The second-order valence-electron chi connectivity index (χ2n) is 3.78. The number of thiophene rings is 2. The Morgan fingerprint density at radius 3 is 2.78 bits per heavy atom. The van der Waals surface area contributed by atoms with Crippen molar-refractivity contribution in [3.8, 4) is 0 Å². The van der Waals surface area contributed by atoms with Gasteiger partial charge in [-0.15, -0.1) is 22.7 Å². The monoisotopic (exact) mass is 302 g/mol. The molecule has 2 aromatic rings. The fraction of sp³-hybridized carbons (Fsp3) is 0.273. The van der Waals surface area contributed by atoms with Gasteiger partial charge >= 0.3 is 0 Å². The van der Waals surface area contributed by atoms with E-state index in [1.165, 1.54) is 22.7 Å². The summed E-state index contributed by atoms with van der Waals surface area (Å²) >= 11 is 2.76. The van der Waals surface area contributed by atoms with E-state index < -0.39 is 10.0 Å². The molecular formula is C11H14N2O2S3.